The molecule has 2 unspecified atom stereocenters. The maximum atomic E-state index is 11.1. The van der Waals surface area contributed by atoms with Crippen molar-refractivity contribution >= 4 is 5.97 Å². The Bertz CT molecular complexity index is 206. The second kappa shape index (κ2) is 6.08. The van der Waals surface area contributed by atoms with E-state index in [0.29, 0.717) is 18.9 Å². The minimum atomic E-state index is -0.238. The van der Waals surface area contributed by atoms with Gasteiger partial charge < -0.3 is 14.7 Å². The van der Waals surface area contributed by atoms with Crippen LogP contribution < -0.4 is 0 Å². The van der Waals surface area contributed by atoms with Gasteiger partial charge in [0.2, 0.25) is 0 Å². The van der Waals surface area contributed by atoms with Gasteiger partial charge in [-0.3, -0.25) is 4.79 Å². The van der Waals surface area contributed by atoms with Crippen LogP contribution in [0, 0.1) is 5.92 Å². The fourth-order valence-electron chi connectivity index (χ4n) is 1.94. The summed E-state index contributed by atoms with van der Waals surface area (Å²) >= 11 is 0. The van der Waals surface area contributed by atoms with Crippen LogP contribution in [0.2, 0.25) is 0 Å². The minimum Gasteiger partial charge on any atom is -0.466 e. The topological polar surface area (TPSA) is 49.8 Å². The van der Waals surface area contributed by atoms with Crippen LogP contribution in [0.1, 0.15) is 26.7 Å². The molecule has 1 aliphatic rings. The van der Waals surface area contributed by atoms with Crippen molar-refractivity contribution in [1.82, 2.24) is 4.90 Å². The lowest BCUT2D eigenvalue weighted by atomic mass is 10.0. The lowest BCUT2D eigenvalue weighted by molar-refractivity contribution is -0.143. The summed E-state index contributed by atoms with van der Waals surface area (Å²) in [6, 6.07) is 0. The SMILES string of the molecule is CCOC(=O)CCN1CCC(C(C)O)C1. The zero-order chi connectivity index (χ0) is 11.3. The predicted molar refractivity (Wildman–Crippen MR) is 57.5 cm³/mol. The first-order valence-electron chi connectivity index (χ1n) is 5.69. The normalized spacial score (nSPS) is 24.1. The van der Waals surface area contributed by atoms with Gasteiger partial charge in [-0.2, -0.15) is 0 Å². The molecule has 0 saturated carbocycles. The average Bonchev–Trinajstić information content (AvgIpc) is 2.63. The molecule has 0 spiro atoms. The molecule has 1 heterocycles. The van der Waals surface area contributed by atoms with Crippen molar-refractivity contribution in [2.24, 2.45) is 5.92 Å². The van der Waals surface area contributed by atoms with E-state index in [1.807, 2.05) is 13.8 Å². The highest BCUT2D eigenvalue weighted by Crippen LogP contribution is 2.19. The number of likely N-dealkylation sites (tertiary alicyclic amines) is 1. The molecule has 2 atom stereocenters. The number of aliphatic hydroxyl groups excluding tert-OH is 1. The molecule has 4 nitrogen and oxygen atoms in total. The highest BCUT2D eigenvalue weighted by Gasteiger charge is 2.25. The summed E-state index contributed by atoms with van der Waals surface area (Å²) in [4.78, 5) is 13.3. The molecule has 1 aliphatic heterocycles. The summed E-state index contributed by atoms with van der Waals surface area (Å²) in [5, 5.41) is 9.41. The maximum absolute atomic E-state index is 11.1. The average molecular weight is 215 g/mol. The van der Waals surface area contributed by atoms with Crippen LogP contribution in [0.15, 0.2) is 0 Å². The van der Waals surface area contributed by atoms with Gasteiger partial charge in [-0.05, 0) is 32.7 Å². The molecule has 0 radical (unpaired) electrons. The van der Waals surface area contributed by atoms with E-state index >= 15 is 0 Å². The van der Waals surface area contributed by atoms with Crippen molar-refractivity contribution in [3.63, 3.8) is 0 Å². The van der Waals surface area contributed by atoms with Crippen LogP contribution in [-0.2, 0) is 9.53 Å². The van der Waals surface area contributed by atoms with E-state index in [9.17, 15) is 9.90 Å². The minimum absolute atomic E-state index is 0.127. The van der Waals surface area contributed by atoms with Gasteiger partial charge in [0.25, 0.3) is 0 Å². The molecule has 0 amide bonds. The third-order valence-corrected chi connectivity index (χ3v) is 2.93. The fraction of sp³-hybridized carbons (Fsp3) is 0.909. The number of nitrogens with zero attached hydrogens (tertiary/aromatic N) is 1. The number of aliphatic hydroxyl groups is 1. The van der Waals surface area contributed by atoms with Gasteiger partial charge in [-0.15, -0.1) is 0 Å². The van der Waals surface area contributed by atoms with Crippen LogP contribution >= 0.6 is 0 Å². The molecule has 0 aliphatic carbocycles. The number of hydrogen-bond acceptors (Lipinski definition) is 4. The summed E-state index contributed by atoms with van der Waals surface area (Å²) in [6.07, 6.45) is 1.25. The lowest BCUT2D eigenvalue weighted by Crippen LogP contribution is -2.26. The van der Waals surface area contributed by atoms with E-state index in [0.717, 1.165) is 26.1 Å². The second-order valence-corrected chi connectivity index (χ2v) is 4.14. The van der Waals surface area contributed by atoms with Crippen molar-refractivity contribution in [1.29, 1.82) is 0 Å². The molecule has 0 aromatic heterocycles. The second-order valence-electron chi connectivity index (χ2n) is 4.14. The fourth-order valence-corrected chi connectivity index (χ4v) is 1.94. The summed E-state index contributed by atoms with van der Waals surface area (Å²) in [6.45, 7) is 6.74. The van der Waals surface area contributed by atoms with Gasteiger partial charge in [-0.25, -0.2) is 0 Å². The van der Waals surface area contributed by atoms with E-state index in [1.54, 1.807) is 0 Å². The van der Waals surface area contributed by atoms with Crippen molar-refractivity contribution in [2.45, 2.75) is 32.8 Å². The Morgan fingerprint density at radius 2 is 2.40 bits per heavy atom. The maximum Gasteiger partial charge on any atom is 0.307 e. The number of carbonyl (C=O) groups excluding carboxylic acids is 1. The van der Waals surface area contributed by atoms with Gasteiger partial charge >= 0.3 is 5.97 Å². The Balaban J connectivity index is 2.16. The number of rotatable bonds is 5. The van der Waals surface area contributed by atoms with Crippen molar-refractivity contribution in [3.05, 3.63) is 0 Å². The molecule has 0 aromatic rings. The zero-order valence-electron chi connectivity index (χ0n) is 9.61. The number of carbonyl (C=O) groups is 1. The van der Waals surface area contributed by atoms with E-state index in [1.165, 1.54) is 0 Å². The third kappa shape index (κ3) is 4.18. The van der Waals surface area contributed by atoms with Crippen molar-refractivity contribution in [2.75, 3.05) is 26.2 Å². The number of hydrogen-bond donors (Lipinski definition) is 1. The Morgan fingerprint density at radius 1 is 1.67 bits per heavy atom. The van der Waals surface area contributed by atoms with Crippen LogP contribution in [-0.4, -0.2) is 48.3 Å². The highest BCUT2D eigenvalue weighted by atomic mass is 16.5. The van der Waals surface area contributed by atoms with Crippen LogP contribution in [0.25, 0.3) is 0 Å². The van der Waals surface area contributed by atoms with Gasteiger partial charge in [0.15, 0.2) is 0 Å². The summed E-state index contributed by atoms with van der Waals surface area (Å²) < 4.78 is 4.86. The van der Waals surface area contributed by atoms with E-state index in [4.69, 9.17) is 4.74 Å². The highest BCUT2D eigenvalue weighted by molar-refractivity contribution is 5.69. The van der Waals surface area contributed by atoms with Gasteiger partial charge in [0.1, 0.15) is 0 Å². The monoisotopic (exact) mass is 215 g/mol. The molecule has 0 aromatic carbocycles. The van der Waals surface area contributed by atoms with Crippen molar-refractivity contribution in [3.8, 4) is 0 Å². The summed E-state index contributed by atoms with van der Waals surface area (Å²) in [5.74, 6) is 0.241. The van der Waals surface area contributed by atoms with Crippen LogP contribution in [0.4, 0.5) is 0 Å². The first kappa shape index (κ1) is 12.5. The van der Waals surface area contributed by atoms with Crippen LogP contribution in [0.5, 0.6) is 0 Å². The predicted octanol–water partition coefficient (Wildman–Crippen LogP) is 0.642. The Labute approximate surface area is 91.2 Å². The molecule has 88 valence electrons. The van der Waals surface area contributed by atoms with E-state index in [-0.39, 0.29) is 12.1 Å². The quantitative estimate of drug-likeness (QED) is 0.684. The molecule has 1 N–H and O–H groups in total. The number of ether oxygens (including phenoxy) is 1. The largest absolute Gasteiger partial charge is 0.466 e. The molecule has 1 rings (SSSR count). The summed E-state index contributed by atoms with van der Waals surface area (Å²) in [7, 11) is 0. The number of esters is 1. The van der Waals surface area contributed by atoms with E-state index < -0.39 is 0 Å². The standard InChI is InChI=1S/C11H21NO3/c1-3-15-11(14)5-7-12-6-4-10(8-12)9(2)13/h9-10,13H,3-8H2,1-2H3. The molecule has 1 fully saturated rings. The first-order valence-corrected chi connectivity index (χ1v) is 5.69. The first-order chi connectivity index (χ1) is 7.13. The van der Waals surface area contributed by atoms with Crippen LogP contribution in [0.3, 0.4) is 0 Å². The van der Waals surface area contributed by atoms with E-state index in [2.05, 4.69) is 4.90 Å². The lowest BCUT2D eigenvalue weighted by Gasteiger charge is -2.16. The van der Waals surface area contributed by atoms with Gasteiger partial charge in [0.05, 0.1) is 19.1 Å². The van der Waals surface area contributed by atoms with Gasteiger partial charge in [0, 0.05) is 13.1 Å². The molecular formula is C11H21NO3. The molecular weight excluding hydrogens is 194 g/mol. The van der Waals surface area contributed by atoms with Gasteiger partial charge in [-0.1, -0.05) is 0 Å². The Kier molecular flexibility index (Phi) is 5.05. The molecule has 0 bridgehead atoms. The summed E-state index contributed by atoms with van der Waals surface area (Å²) in [5.41, 5.74) is 0. The Morgan fingerprint density at radius 3 is 2.93 bits per heavy atom. The Hall–Kier alpha value is -0.610. The third-order valence-electron chi connectivity index (χ3n) is 2.93. The smallest absolute Gasteiger partial charge is 0.307 e. The van der Waals surface area contributed by atoms with Crippen molar-refractivity contribution < 1.29 is 14.6 Å². The molecule has 4 heteroatoms. The molecule has 1 saturated heterocycles. The molecule has 15 heavy (non-hydrogen) atoms. The zero-order valence-corrected chi connectivity index (χ0v) is 9.61.